The van der Waals surface area contributed by atoms with E-state index in [-0.39, 0.29) is 6.61 Å². The number of carbonyl (C=O) groups excluding carboxylic acids is 1. The van der Waals surface area contributed by atoms with Crippen LogP contribution >= 0.6 is 0 Å². The highest BCUT2D eigenvalue weighted by molar-refractivity contribution is 5.90. The molecule has 0 atom stereocenters. The minimum atomic E-state index is -0.553. The van der Waals surface area contributed by atoms with Crippen LogP contribution in [0.15, 0.2) is 85.1 Å². The van der Waals surface area contributed by atoms with Gasteiger partial charge >= 0.3 is 0 Å². The molecule has 0 radical (unpaired) electrons. The number of aliphatic hydroxyl groups is 1. The van der Waals surface area contributed by atoms with E-state index in [1.54, 1.807) is 11.6 Å². The SMILES string of the molecule is O=C(/C=C/c1ccc(Cc2cccc(CN(CCO)CCc3c[nH]c4ccccc34)c2)cc1)NO. The molecule has 1 aromatic heterocycles. The third-order valence-electron chi connectivity index (χ3n) is 6.11. The summed E-state index contributed by atoms with van der Waals surface area (Å²) < 4.78 is 0. The summed E-state index contributed by atoms with van der Waals surface area (Å²) in [4.78, 5) is 16.8. The number of amides is 1. The van der Waals surface area contributed by atoms with Crippen molar-refractivity contribution in [1.29, 1.82) is 0 Å². The first-order chi connectivity index (χ1) is 17.1. The standard InChI is InChI=1S/C29H31N3O3/c33-17-16-32(15-14-26-20-30-28-7-2-1-6-27(26)28)21-25-5-3-4-24(19-25)18-23-10-8-22(9-11-23)12-13-29(34)31-35/h1-13,19-20,30,33,35H,14-18,21H2,(H,31,34)/b13-12+. The molecule has 0 fully saturated rings. The van der Waals surface area contributed by atoms with E-state index in [1.807, 2.05) is 30.3 Å². The van der Waals surface area contributed by atoms with E-state index in [9.17, 15) is 9.90 Å². The Hall–Kier alpha value is -3.71. The van der Waals surface area contributed by atoms with Crippen molar-refractivity contribution < 1.29 is 15.1 Å². The van der Waals surface area contributed by atoms with Gasteiger partial charge in [-0.3, -0.25) is 14.9 Å². The van der Waals surface area contributed by atoms with Gasteiger partial charge in [-0.15, -0.1) is 0 Å². The topological polar surface area (TPSA) is 88.6 Å². The Bertz CT molecular complexity index is 1280. The zero-order chi connectivity index (χ0) is 24.5. The van der Waals surface area contributed by atoms with Crippen molar-refractivity contribution >= 4 is 22.9 Å². The van der Waals surface area contributed by atoms with E-state index in [0.29, 0.717) is 6.54 Å². The number of hydrogen-bond donors (Lipinski definition) is 4. The number of hydrogen-bond acceptors (Lipinski definition) is 4. The van der Waals surface area contributed by atoms with Crippen molar-refractivity contribution in [1.82, 2.24) is 15.4 Å². The first kappa shape index (κ1) is 24.4. The third-order valence-corrected chi connectivity index (χ3v) is 6.11. The zero-order valence-corrected chi connectivity index (χ0v) is 19.7. The van der Waals surface area contributed by atoms with Crippen LogP contribution in [0.4, 0.5) is 0 Å². The van der Waals surface area contributed by atoms with Gasteiger partial charge in [0.2, 0.25) is 0 Å². The predicted molar refractivity (Wildman–Crippen MR) is 139 cm³/mol. The van der Waals surface area contributed by atoms with Crippen molar-refractivity contribution in [3.8, 4) is 0 Å². The summed E-state index contributed by atoms with van der Waals surface area (Å²) in [5, 5.41) is 19.4. The first-order valence-electron chi connectivity index (χ1n) is 11.8. The molecule has 35 heavy (non-hydrogen) atoms. The van der Waals surface area contributed by atoms with Crippen LogP contribution in [-0.4, -0.2) is 45.8 Å². The molecule has 0 saturated carbocycles. The number of nitrogens with one attached hydrogen (secondary N) is 2. The Morgan fingerprint density at radius 2 is 1.74 bits per heavy atom. The molecule has 4 aromatic rings. The number of hydroxylamine groups is 1. The molecular formula is C29H31N3O3. The number of aromatic nitrogens is 1. The molecule has 4 N–H and O–H groups in total. The quantitative estimate of drug-likeness (QED) is 0.150. The number of nitrogens with zero attached hydrogens (tertiary/aromatic N) is 1. The number of aromatic amines is 1. The summed E-state index contributed by atoms with van der Waals surface area (Å²) in [7, 11) is 0. The molecular weight excluding hydrogens is 438 g/mol. The fourth-order valence-electron chi connectivity index (χ4n) is 4.32. The smallest absolute Gasteiger partial charge is 0.267 e. The normalized spacial score (nSPS) is 11.5. The second kappa shape index (κ2) is 12.1. The van der Waals surface area contributed by atoms with Crippen LogP contribution < -0.4 is 5.48 Å². The summed E-state index contributed by atoms with van der Waals surface area (Å²) >= 11 is 0. The average Bonchev–Trinajstić information content (AvgIpc) is 3.30. The Morgan fingerprint density at radius 3 is 2.54 bits per heavy atom. The van der Waals surface area contributed by atoms with Crippen LogP contribution in [-0.2, 0) is 24.2 Å². The van der Waals surface area contributed by atoms with Crippen molar-refractivity contribution in [2.24, 2.45) is 0 Å². The van der Waals surface area contributed by atoms with Gasteiger partial charge in [-0.25, -0.2) is 5.48 Å². The number of benzene rings is 3. The van der Waals surface area contributed by atoms with Gasteiger partial charge < -0.3 is 10.1 Å². The fraction of sp³-hybridized carbons (Fsp3) is 0.207. The number of rotatable bonds is 11. The van der Waals surface area contributed by atoms with Crippen molar-refractivity contribution in [3.63, 3.8) is 0 Å². The molecule has 6 nitrogen and oxygen atoms in total. The lowest BCUT2D eigenvalue weighted by Crippen LogP contribution is -2.28. The molecule has 6 heteroatoms. The molecule has 1 amide bonds. The monoisotopic (exact) mass is 469 g/mol. The number of H-pyrrole nitrogens is 1. The van der Waals surface area contributed by atoms with Gasteiger partial charge in [0.25, 0.3) is 5.91 Å². The minimum Gasteiger partial charge on any atom is -0.395 e. The van der Waals surface area contributed by atoms with Crippen LogP contribution in [0.3, 0.4) is 0 Å². The fourth-order valence-corrected chi connectivity index (χ4v) is 4.32. The Morgan fingerprint density at radius 1 is 0.943 bits per heavy atom. The lowest BCUT2D eigenvalue weighted by Gasteiger charge is -2.21. The van der Waals surface area contributed by atoms with Crippen molar-refractivity contribution in [2.75, 3.05) is 19.7 Å². The highest BCUT2D eigenvalue weighted by Crippen LogP contribution is 2.19. The van der Waals surface area contributed by atoms with Gasteiger partial charge in [-0.2, -0.15) is 0 Å². The number of aliphatic hydroxyl groups excluding tert-OH is 1. The second-order valence-corrected chi connectivity index (χ2v) is 8.66. The number of carbonyl (C=O) groups is 1. The van der Waals surface area contributed by atoms with Crippen LogP contribution in [0.5, 0.6) is 0 Å². The predicted octanol–water partition coefficient (Wildman–Crippen LogP) is 4.31. The molecule has 0 unspecified atom stereocenters. The molecule has 180 valence electrons. The van der Waals surface area contributed by atoms with Crippen molar-refractivity contribution in [3.05, 3.63) is 113 Å². The van der Waals surface area contributed by atoms with Crippen LogP contribution in [0.1, 0.15) is 27.8 Å². The maximum Gasteiger partial charge on any atom is 0.267 e. The molecule has 0 saturated heterocycles. The molecule has 4 rings (SSSR count). The van der Waals surface area contributed by atoms with Gasteiger partial charge in [-0.1, -0.05) is 66.7 Å². The van der Waals surface area contributed by atoms with Crippen molar-refractivity contribution in [2.45, 2.75) is 19.4 Å². The van der Waals surface area contributed by atoms with Gasteiger partial charge in [0.1, 0.15) is 0 Å². The summed E-state index contributed by atoms with van der Waals surface area (Å²) in [5.74, 6) is -0.553. The Balaban J connectivity index is 1.37. The van der Waals surface area contributed by atoms with E-state index in [4.69, 9.17) is 5.21 Å². The molecule has 0 spiro atoms. The van der Waals surface area contributed by atoms with Crippen LogP contribution in [0.2, 0.25) is 0 Å². The lowest BCUT2D eigenvalue weighted by molar-refractivity contribution is -0.124. The molecule has 0 bridgehead atoms. The molecule has 0 aliphatic carbocycles. The lowest BCUT2D eigenvalue weighted by atomic mass is 10.0. The van der Waals surface area contributed by atoms with E-state index >= 15 is 0 Å². The zero-order valence-electron chi connectivity index (χ0n) is 19.7. The number of fused-ring (bicyclic) bond motifs is 1. The summed E-state index contributed by atoms with van der Waals surface area (Å²) in [6, 6.07) is 24.9. The molecule has 0 aliphatic rings. The molecule has 1 heterocycles. The largest absolute Gasteiger partial charge is 0.395 e. The Labute approximate surface area is 205 Å². The molecule has 3 aromatic carbocycles. The van der Waals surface area contributed by atoms with Gasteiger partial charge in [0, 0.05) is 42.8 Å². The van der Waals surface area contributed by atoms with Crippen LogP contribution in [0, 0.1) is 0 Å². The maximum atomic E-state index is 11.1. The van der Waals surface area contributed by atoms with E-state index < -0.39 is 5.91 Å². The number of para-hydroxylation sites is 1. The van der Waals surface area contributed by atoms with E-state index in [0.717, 1.165) is 37.0 Å². The van der Waals surface area contributed by atoms with Gasteiger partial charge in [0.15, 0.2) is 0 Å². The highest BCUT2D eigenvalue weighted by Gasteiger charge is 2.09. The summed E-state index contributed by atoms with van der Waals surface area (Å²) in [5.41, 5.74) is 8.56. The first-order valence-corrected chi connectivity index (χ1v) is 11.8. The van der Waals surface area contributed by atoms with Gasteiger partial charge in [-0.05, 0) is 52.8 Å². The highest BCUT2D eigenvalue weighted by atomic mass is 16.5. The van der Waals surface area contributed by atoms with E-state index in [1.165, 1.54) is 33.7 Å². The van der Waals surface area contributed by atoms with Gasteiger partial charge in [0.05, 0.1) is 6.61 Å². The minimum absolute atomic E-state index is 0.133. The third kappa shape index (κ3) is 6.90. The van der Waals surface area contributed by atoms with E-state index in [2.05, 4.69) is 58.5 Å². The molecule has 0 aliphatic heterocycles. The van der Waals surface area contributed by atoms with Crippen LogP contribution in [0.25, 0.3) is 17.0 Å². The maximum absolute atomic E-state index is 11.1. The Kier molecular flexibility index (Phi) is 8.46. The second-order valence-electron chi connectivity index (χ2n) is 8.66. The average molecular weight is 470 g/mol. The summed E-state index contributed by atoms with van der Waals surface area (Å²) in [6.45, 7) is 2.42. The summed E-state index contributed by atoms with van der Waals surface area (Å²) in [6.07, 6.45) is 6.76.